The van der Waals surface area contributed by atoms with Crippen LogP contribution in [0.15, 0.2) is 30.5 Å². The average Bonchev–Trinajstić information content (AvgIpc) is 3.25. The fraction of sp³-hybridized carbons (Fsp3) is 0.533. The zero-order valence-electron chi connectivity index (χ0n) is 23.9. The van der Waals surface area contributed by atoms with Gasteiger partial charge in [0.05, 0.1) is 23.0 Å². The Morgan fingerprint density at radius 1 is 1.10 bits per heavy atom. The summed E-state index contributed by atoms with van der Waals surface area (Å²) in [5.74, 6) is -0.620. The van der Waals surface area contributed by atoms with Gasteiger partial charge in [0.1, 0.15) is 11.5 Å². The highest BCUT2D eigenvalue weighted by atomic mass is 19.1. The summed E-state index contributed by atoms with van der Waals surface area (Å²) < 4.78 is 16.0. The Hall–Kier alpha value is -3.33. The van der Waals surface area contributed by atoms with Crippen LogP contribution in [0, 0.1) is 18.7 Å². The fourth-order valence-electron chi connectivity index (χ4n) is 5.82. The Bertz CT molecular complexity index is 1460. The summed E-state index contributed by atoms with van der Waals surface area (Å²) >= 11 is 0. The van der Waals surface area contributed by atoms with Crippen LogP contribution in [0.25, 0.3) is 16.9 Å². The van der Waals surface area contributed by atoms with Crippen molar-refractivity contribution >= 4 is 17.5 Å². The molecule has 8 nitrogen and oxygen atoms in total. The van der Waals surface area contributed by atoms with E-state index >= 15 is 0 Å². The van der Waals surface area contributed by atoms with E-state index in [9.17, 15) is 19.1 Å². The lowest BCUT2D eigenvalue weighted by molar-refractivity contribution is -0.153. The number of amides is 2. The Kier molecular flexibility index (Phi) is 6.37. The van der Waals surface area contributed by atoms with Crippen LogP contribution in [0.5, 0.6) is 0 Å². The summed E-state index contributed by atoms with van der Waals surface area (Å²) in [6, 6.07) is 6.98. The van der Waals surface area contributed by atoms with Crippen LogP contribution in [0.1, 0.15) is 76.0 Å². The summed E-state index contributed by atoms with van der Waals surface area (Å²) in [6.45, 7) is 14.8. The van der Waals surface area contributed by atoms with Crippen LogP contribution < -0.4 is 0 Å². The number of hydrogen-bond donors (Lipinski definition) is 1. The number of hydrogen-bond acceptors (Lipinski definition) is 5. The summed E-state index contributed by atoms with van der Waals surface area (Å²) in [5, 5.41) is 14.8. The number of rotatable bonds is 3. The zero-order valence-corrected chi connectivity index (χ0v) is 23.9. The highest BCUT2D eigenvalue weighted by molar-refractivity contribution is 5.94. The third-order valence-electron chi connectivity index (χ3n) is 8.10. The lowest BCUT2D eigenvalue weighted by atomic mass is 9.71. The molecule has 39 heavy (non-hydrogen) atoms. The molecule has 0 unspecified atom stereocenters. The van der Waals surface area contributed by atoms with Crippen molar-refractivity contribution in [2.24, 2.45) is 5.92 Å². The molecule has 2 aromatic heterocycles. The van der Waals surface area contributed by atoms with E-state index in [0.717, 1.165) is 5.56 Å². The molecule has 208 valence electrons. The third-order valence-corrected chi connectivity index (χ3v) is 8.10. The lowest BCUT2D eigenvalue weighted by Gasteiger charge is -2.49. The number of aliphatic hydroxyl groups is 1. The highest BCUT2D eigenvalue weighted by Crippen LogP contribution is 2.39. The maximum absolute atomic E-state index is 14.3. The quantitative estimate of drug-likeness (QED) is 0.538. The molecule has 1 N–H and O–H groups in total. The molecule has 1 aliphatic carbocycles. The third kappa shape index (κ3) is 5.04. The number of carbonyl (C=O) groups is 2. The molecule has 0 atom stereocenters. The van der Waals surface area contributed by atoms with Crippen molar-refractivity contribution in [3.8, 4) is 11.3 Å². The number of piperazine rings is 1. The molecule has 1 aliphatic heterocycles. The van der Waals surface area contributed by atoms with Crippen LogP contribution in [-0.2, 0) is 10.2 Å². The number of fused-ring (bicyclic) bond motifs is 1. The van der Waals surface area contributed by atoms with Gasteiger partial charge in [0.2, 0.25) is 5.91 Å². The van der Waals surface area contributed by atoms with Gasteiger partial charge in [-0.15, -0.1) is 0 Å². The number of halogens is 1. The van der Waals surface area contributed by atoms with Gasteiger partial charge in [-0.2, -0.15) is 5.10 Å². The molecule has 2 amide bonds. The van der Waals surface area contributed by atoms with Gasteiger partial charge in [0.25, 0.3) is 5.91 Å². The van der Waals surface area contributed by atoms with Gasteiger partial charge in [-0.3, -0.25) is 9.59 Å². The standard InChI is InChI=1S/C30H38FN5O3/c1-18-8-9-19(12-22(18)31)23-13-21(28(2,3)4)25-32-24(16-36(25)33-23)27(38)35-11-10-34(17-29(35,5)6)26(37)20-14-30(7,39)15-20/h8-9,12-13,16,20,39H,10-11,14-15,17H2,1-7H3/t20-,30+. The molecule has 5 rings (SSSR count). The van der Waals surface area contributed by atoms with Crippen molar-refractivity contribution in [2.75, 3.05) is 19.6 Å². The molecule has 0 radical (unpaired) electrons. The normalized spacial score (nSPS) is 23.2. The largest absolute Gasteiger partial charge is 0.390 e. The van der Waals surface area contributed by atoms with E-state index in [1.54, 1.807) is 35.5 Å². The van der Waals surface area contributed by atoms with Gasteiger partial charge < -0.3 is 14.9 Å². The summed E-state index contributed by atoms with van der Waals surface area (Å²) in [7, 11) is 0. The van der Waals surface area contributed by atoms with E-state index < -0.39 is 11.1 Å². The first-order valence-corrected chi connectivity index (χ1v) is 13.6. The molecule has 1 saturated heterocycles. The van der Waals surface area contributed by atoms with E-state index in [2.05, 4.69) is 20.8 Å². The van der Waals surface area contributed by atoms with Crippen molar-refractivity contribution in [1.82, 2.24) is 24.4 Å². The predicted octanol–water partition coefficient (Wildman–Crippen LogP) is 4.37. The summed E-state index contributed by atoms with van der Waals surface area (Å²) in [6.07, 6.45) is 2.60. The number of nitrogens with zero attached hydrogens (tertiary/aromatic N) is 5. The van der Waals surface area contributed by atoms with Gasteiger partial charge in [0, 0.05) is 36.7 Å². The average molecular weight is 536 g/mol. The number of benzene rings is 1. The molecule has 2 fully saturated rings. The molecule has 3 aromatic rings. The molecule has 2 aliphatic rings. The smallest absolute Gasteiger partial charge is 0.274 e. The Morgan fingerprint density at radius 3 is 2.38 bits per heavy atom. The van der Waals surface area contributed by atoms with Crippen LogP contribution in [-0.4, -0.2) is 72.1 Å². The second-order valence-electron chi connectivity index (χ2n) is 13.2. The zero-order chi connectivity index (χ0) is 28.5. The first-order valence-electron chi connectivity index (χ1n) is 13.6. The lowest BCUT2D eigenvalue weighted by Crippen LogP contribution is -2.63. The minimum absolute atomic E-state index is 0.0496. The van der Waals surface area contributed by atoms with Gasteiger partial charge >= 0.3 is 0 Å². The number of aromatic nitrogens is 3. The van der Waals surface area contributed by atoms with Gasteiger partial charge in [-0.1, -0.05) is 32.9 Å². The first-order chi connectivity index (χ1) is 18.1. The van der Waals surface area contributed by atoms with Crippen molar-refractivity contribution < 1.29 is 19.1 Å². The van der Waals surface area contributed by atoms with Gasteiger partial charge in [-0.05, 0) is 63.6 Å². The van der Waals surface area contributed by atoms with Crippen molar-refractivity contribution in [3.63, 3.8) is 0 Å². The molecule has 0 bridgehead atoms. The summed E-state index contributed by atoms with van der Waals surface area (Å²) in [4.78, 5) is 35.1. The maximum atomic E-state index is 14.3. The SMILES string of the molecule is Cc1ccc(-c2cc(C(C)(C)C)c3nc(C(=O)N4CCN(C(=O)[C@H]5C[C@@](C)(O)C5)CC4(C)C)cn3n2)cc1F. The van der Waals surface area contributed by atoms with E-state index in [0.29, 0.717) is 54.9 Å². The van der Waals surface area contributed by atoms with Gasteiger partial charge in [-0.25, -0.2) is 13.9 Å². The minimum Gasteiger partial charge on any atom is -0.390 e. The molecule has 9 heteroatoms. The fourth-order valence-corrected chi connectivity index (χ4v) is 5.82. The van der Waals surface area contributed by atoms with Crippen LogP contribution in [0.3, 0.4) is 0 Å². The minimum atomic E-state index is -0.760. The second kappa shape index (κ2) is 9.11. The van der Waals surface area contributed by atoms with E-state index in [-0.39, 0.29) is 34.7 Å². The Labute approximate surface area is 228 Å². The van der Waals surface area contributed by atoms with Gasteiger partial charge in [0.15, 0.2) is 5.65 Å². The molecule has 0 spiro atoms. The van der Waals surface area contributed by atoms with E-state index in [4.69, 9.17) is 10.1 Å². The Balaban J connectivity index is 1.44. The number of aryl methyl sites for hydroxylation is 1. The molecular formula is C30H38FN5O3. The second-order valence-corrected chi connectivity index (χ2v) is 13.2. The van der Waals surface area contributed by atoms with Crippen LogP contribution in [0.2, 0.25) is 0 Å². The number of imidazole rings is 1. The first kappa shape index (κ1) is 27.2. The summed E-state index contributed by atoms with van der Waals surface area (Å²) in [5.41, 5.74) is 1.93. The monoisotopic (exact) mass is 535 g/mol. The van der Waals surface area contributed by atoms with Crippen molar-refractivity contribution in [3.05, 3.63) is 53.1 Å². The number of carbonyl (C=O) groups excluding carboxylic acids is 2. The predicted molar refractivity (Wildman–Crippen MR) is 147 cm³/mol. The topological polar surface area (TPSA) is 91.0 Å². The van der Waals surface area contributed by atoms with E-state index in [1.165, 1.54) is 6.07 Å². The molecule has 1 aromatic carbocycles. The van der Waals surface area contributed by atoms with Crippen LogP contribution in [0.4, 0.5) is 4.39 Å². The molecule has 3 heterocycles. The molecule has 1 saturated carbocycles. The van der Waals surface area contributed by atoms with E-state index in [1.807, 2.05) is 30.9 Å². The van der Waals surface area contributed by atoms with Crippen molar-refractivity contribution in [1.29, 1.82) is 0 Å². The maximum Gasteiger partial charge on any atom is 0.274 e. The highest BCUT2D eigenvalue weighted by Gasteiger charge is 2.47. The Morgan fingerprint density at radius 2 is 1.79 bits per heavy atom. The molecular weight excluding hydrogens is 497 g/mol. The van der Waals surface area contributed by atoms with Crippen LogP contribution >= 0.6 is 0 Å². The van der Waals surface area contributed by atoms with Crippen molar-refractivity contribution in [2.45, 2.75) is 77.9 Å².